The molecule has 0 aromatic rings. The first-order chi connectivity index (χ1) is 8.36. The molecular weight excluding hydrogens is 224 g/mol. The highest BCUT2D eigenvalue weighted by atomic mass is 16.3. The lowest BCUT2D eigenvalue weighted by Crippen LogP contribution is -2.32. The van der Waals surface area contributed by atoms with Crippen LogP contribution in [0.1, 0.15) is 40.0 Å². The number of aliphatic hydroxyl groups is 1. The monoisotopic (exact) mass is 248 g/mol. The molecule has 100 valence electrons. The van der Waals surface area contributed by atoms with Crippen LogP contribution in [0.25, 0.3) is 0 Å². The third-order valence-corrected chi connectivity index (χ3v) is 3.59. The standard InChI is InChI=1S/C16H24O2/c1-5-6-7-13(17)8-9-15-12(2)10-14(18)11-16(15,3)4/h5,8-10,14-15,18H,1,6-7,11H2,2-4H3/b9-8+. The lowest BCUT2D eigenvalue weighted by molar-refractivity contribution is -0.114. The van der Waals surface area contributed by atoms with E-state index in [1.165, 1.54) is 0 Å². The number of carbonyl (C=O) groups excluding carboxylic acids is 1. The van der Waals surface area contributed by atoms with Crippen molar-refractivity contribution >= 4 is 5.78 Å². The number of hydrogen-bond acceptors (Lipinski definition) is 2. The van der Waals surface area contributed by atoms with E-state index in [-0.39, 0.29) is 23.2 Å². The van der Waals surface area contributed by atoms with Gasteiger partial charge in [-0.3, -0.25) is 4.79 Å². The third-order valence-electron chi connectivity index (χ3n) is 3.59. The molecule has 0 saturated heterocycles. The zero-order valence-corrected chi connectivity index (χ0v) is 11.6. The first-order valence-corrected chi connectivity index (χ1v) is 6.55. The Kier molecular flexibility index (Phi) is 5.09. The third kappa shape index (κ3) is 3.95. The molecule has 0 bridgehead atoms. The first kappa shape index (κ1) is 14.9. The molecule has 2 heteroatoms. The summed E-state index contributed by atoms with van der Waals surface area (Å²) >= 11 is 0. The lowest BCUT2D eigenvalue weighted by atomic mass is 9.68. The average molecular weight is 248 g/mol. The van der Waals surface area contributed by atoms with Gasteiger partial charge in [0, 0.05) is 12.3 Å². The van der Waals surface area contributed by atoms with Crippen LogP contribution in [-0.2, 0) is 4.79 Å². The number of ketones is 1. The molecule has 2 unspecified atom stereocenters. The fourth-order valence-corrected chi connectivity index (χ4v) is 2.69. The van der Waals surface area contributed by atoms with Crippen molar-refractivity contribution in [1.82, 2.24) is 0 Å². The second kappa shape index (κ2) is 6.14. The fraction of sp³-hybridized carbons (Fsp3) is 0.562. The zero-order chi connectivity index (χ0) is 13.8. The van der Waals surface area contributed by atoms with Gasteiger partial charge in [-0.1, -0.05) is 37.6 Å². The summed E-state index contributed by atoms with van der Waals surface area (Å²) in [6.45, 7) is 9.90. The van der Waals surface area contributed by atoms with Crippen LogP contribution in [0.2, 0.25) is 0 Å². The molecule has 0 spiro atoms. The largest absolute Gasteiger partial charge is 0.389 e. The van der Waals surface area contributed by atoms with Crippen LogP contribution < -0.4 is 0 Å². The Morgan fingerprint density at radius 1 is 1.61 bits per heavy atom. The first-order valence-electron chi connectivity index (χ1n) is 6.55. The second-order valence-corrected chi connectivity index (χ2v) is 5.80. The van der Waals surface area contributed by atoms with Gasteiger partial charge in [0.2, 0.25) is 0 Å². The van der Waals surface area contributed by atoms with Gasteiger partial charge >= 0.3 is 0 Å². The van der Waals surface area contributed by atoms with Crippen molar-refractivity contribution < 1.29 is 9.90 Å². The fourth-order valence-electron chi connectivity index (χ4n) is 2.69. The molecule has 1 aliphatic rings. The van der Waals surface area contributed by atoms with E-state index in [0.29, 0.717) is 6.42 Å². The molecule has 0 saturated carbocycles. The van der Waals surface area contributed by atoms with Gasteiger partial charge in [-0.2, -0.15) is 0 Å². The van der Waals surface area contributed by atoms with Crippen molar-refractivity contribution in [3.8, 4) is 0 Å². The Morgan fingerprint density at radius 3 is 2.83 bits per heavy atom. The number of carbonyl (C=O) groups is 1. The van der Waals surface area contributed by atoms with Crippen molar-refractivity contribution in [1.29, 1.82) is 0 Å². The van der Waals surface area contributed by atoms with Crippen molar-refractivity contribution in [2.24, 2.45) is 11.3 Å². The van der Waals surface area contributed by atoms with Crippen molar-refractivity contribution in [2.75, 3.05) is 0 Å². The van der Waals surface area contributed by atoms with Crippen molar-refractivity contribution in [3.63, 3.8) is 0 Å². The lowest BCUT2D eigenvalue weighted by Gasteiger charge is -2.38. The van der Waals surface area contributed by atoms with E-state index >= 15 is 0 Å². The van der Waals surface area contributed by atoms with Gasteiger partial charge in [-0.25, -0.2) is 0 Å². The quantitative estimate of drug-likeness (QED) is 0.598. The van der Waals surface area contributed by atoms with Gasteiger partial charge in [0.05, 0.1) is 6.10 Å². The minimum absolute atomic E-state index is 0.00648. The van der Waals surface area contributed by atoms with Gasteiger partial charge < -0.3 is 5.11 Å². The normalized spacial score (nSPS) is 27.0. The molecule has 0 heterocycles. The molecule has 0 amide bonds. The van der Waals surface area contributed by atoms with Gasteiger partial charge in [0.15, 0.2) is 5.78 Å². The highest BCUT2D eigenvalue weighted by Gasteiger charge is 2.34. The summed E-state index contributed by atoms with van der Waals surface area (Å²) in [5, 5.41) is 9.75. The van der Waals surface area contributed by atoms with E-state index in [0.717, 1.165) is 18.4 Å². The van der Waals surface area contributed by atoms with Crippen LogP contribution in [0.3, 0.4) is 0 Å². The molecule has 1 aliphatic carbocycles. The maximum atomic E-state index is 11.6. The molecule has 0 aliphatic heterocycles. The molecule has 0 aromatic heterocycles. The summed E-state index contributed by atoms with van der Waals surface area (Å²) < 4.78 is 0. The maximum absolute atomic E-state index is 11.6. The van der Waals surface area contributed by atoms with Crippen LogP contribution in [0, 0.1) is 11.3 Å². The molecule has 2 nitrogen and oxygen atoms in total. The molecule has 1 N–H and O–H groups in total. The molecule has 1 rings (SSSR count). The van der Waals surface area contributed by atoms with Gasteiger partial charge in [0.1, 0.15) is 0 Å². The highest BCUT2D eigenvalue weighted by Crippen LogP contribution is 2.41. The Labute approximate surface area is 110 Å². The zero-order valence-electron chi connectivity index (χ0n) is 11.6. The molecule has 0 fully saturated rings. The SMILES string of the molecule is C=CCCC(=O)/C=C/C1C(C)=CC(O)CC1(C)C. The van der Waals surface area contributed by atoms with Crippen LogP contribution in [0.5, 0.6) is 0 Å². The smallest absolute Gasteiger partial charge is 0.155 e. The van der Waals surface area contributed by atoms with Gasteiger partial charge in [-0.15, -0.1) is 6.58 Å². The van der Waals surface area contributed by atoms with Crippen molar-refractivity contribution in [3.05, 3.63) is 36.5 Å². The van der Waals surface area contributed by atoms with E-state index in [2.05, 4.69) is 20.4 Å². The molecule has 18 heavy (non-hydrogen) atoms. The van der Waals surface area contributed by atoms with E-state index in [4.69, 9.17) is 0 Å². The Hall–Kier alpha value is -1.15. The van der Waals surface area contributed by atoms with Gasteiger partial charge in [-0.05, 0) is 31.3 Å². The van der Waals surface area contributed by atoms with E-state index in [1.54, 1.807) is 12.2 Å². The van der Waals surface area contributed by atoms with Crippen LogP contribution in [0.4, 0.5) is 0 Å². The predicted octanol–water partition coefficient (Wildman–Crippen LogP) is 3.43. The maximum Gasteiger partial charge on any atom is 0.155 e. The topological polar surface area (TPSA) is 37.3 Å². The molecular formula is C16H24O2. The molecule has 0 aromatic carbocycles. The Morgan fingerprint density at radius 2 is 2.28 bits per heavy atom. The van der Waals surface area contributed by atoms with Gasteiger partial charge in [0.25, 0.3) is 0 Å². The van der Waals surface area contributed by atoms with E-state index in [9.17, 15) is 9.90 Å². The number of rotatable bonds is 5. The van der Waals surface area contributed by atoms with E-state index < -0.39 is 0 Å². The summed E-state index contributed by atoms with van der Waals surface area (Å²) in [6, 6.07) is 0. The Bertz CT molecular complexity index is 375. The predicted molar refractivity (Wildman–Crippen MR) is 75.2 cm³/mol. The molecule has 2 atom stereocenters. The minimum Gasteiger partial charge on any atom is -0.389 e. The average Bonchev–Trinajstić information content (AvgIpc) is 2.23. The minimum atomic E-state index is -0.360. The van der Waals surface area contributed by atoms with Crippen molar-refractivity contribution in [2.45, 2.75) is 46.1 Å². The van der Waals surface area contributed by atoms with Crippen LogP contribution in [-0.4, -0.2) is 17.0 Å². The van der Waals surface area contributed by atoms with Crippen LogP contribution in [0.15, 0.2) is 36.5 Å². The second-order valence-electron chi connectivity index (χ2n) is 5.80. The summed E-state index contributed by atoms with van der Waals surface area (Å²) in [5.74, 6) is 0.373. The molecule has 0 radical (unpaired) electrons. The highest BCUT2D eigenvalue weighted by molar-refractivity contribution is 5.89. The summed E-state index contributed by atoms with van der Waals surface area (Å²) in [6.07, 6.45) is 8.96. The number of aliphatic hydroxyl groups excluding tert-OH is 1. The Balaban J connectivity index is 2.75. The number of allylic oxidation sites excluding steroid dienone is 4. The van der Waals surface area contributed by atoms with E-state index in [1.807, 2.05) is 19.1 Å². The summed E-state index contributed by atoms with van der Waals surface area (Å²) in [5.41, 5.74) is 1.14. The summed E-state index contributed by atoms with van der Waals surface area (Å²) in [7, 11) is 0. The number of hydrogen-bond donors (Lipinski definition) is 1. The van der Waals surface area contributed by atoms with Crippen LogP contribution >= 0.6 is 0 Å². The summed E-state index contributed by atoms with van der Waals surface area (Å²) in [4.78, 5) is 11.6.